The number of nitrogens with one attached hydrogen (secondary N) is 1. The van der Waals surface area contributed by atoms with E-state index in [1.54, 1.807) is 12.1 Å². The smallest absolute Gasteiger partial charge is 0.337 e. The van der Waals surface area contributed by atoms with E-state index in [2.05, 4.69) is 10.2 Å². The van der Waals surface area contributed by atoms with Crippen molar-refractivity contribution in [1.29, 1.82) is 0 Å². The lowest BCUT2D eigenvalue weighted by Crippen LogP contribution is -2.29. The van der Waals surface area contributed by atoms with Crippen LogP contribution >= 0.6 is 0 Å². The van der Waals surface area contributed by atoms with Crippen molar-refractivity contribution in [2.45, 2.75) is 25.8 Å². The topological polar surface area (TPSA) is 84.9 Å². The van der Waals surface area contributed by atoms with E-state index in [9.17, 15) is 14.4 Å². The van der Waals surface area contributed by atoms with Gasteiger partial charge in [0.05, 0.1) is 25.3 Å². The molecule has 1 heterocycles. The van der Waals surface area contributed by atoms with E-state index in [4.69, 9.17) is 9.47 Å². The molecule has 1 amide bonds. The second-order valence-electron chi connectivity index (χ2n) is 7.27. The highest BCUT2D eigenvalue weighted by atomic mass is 16.5. The number of nitrogens with zero attached hydrogens (tertiary/aromatic N) is 1. The van der Waals surface area contributed by atoms with Crippen molar-refractivity contribution in [2.75, 3.05) is 32.6 Å². The molecule has 3 rings (SSSR count). The van der Waals surface area contributed by atoms with Crippen LogP contribution in [0.2, 0.25) is 0 Å². The van der Waals surface area contributed by atoms with Gasteiger partial charge < -0.3 is 14.8 Å². The fraction of sp³-hybridized carbons (Fsp3) is 0.348. The zero-order valence-corrected chi connectivity index (χ0v) is 17.3. The SMILES string of the molecule is COC(=O)c1cc(NC(=O)c2ccc(CN3CCCCC3)cc2)cc(C(=O)OC)c1. The van der Waals surface area contributed by atoms with Gasteiger partial charge >= 0.3 is 11.9 Å². The lowest BCUT2D eigenvalue weighted by molar-refractivity contribution is 0.0599. The van der Waals surface area contributed by atoms with E-state index in [-0.39, 0.29) is 17.0 Å². The van der Waals surface area contributed by atoms with Gasteiger partial charge in [0.25, 0.3) is 5.91 Å². The summed E-state index contributed by atoms with van der Waals surface area (Å²) in [5, 5.41) is 2.73. The highest BCUT2D eigenvalue weighted by Gasteiger charge is 2.16. The Kier molecular flexibility index (Phi) is 7.19. The fourth-order valence-corrected chi connectivity index (χ4v) is 3.51. The number of rotatable bonds is 6. The molecule has 7 heteroatoms. The van der Waals surface area contributed by atoms with Crippen molar-refractivity contribution in [2.24, 2.45) is 0 Å². The number of hydrogen-bond acceptors (Lipinski definition) is 6. The number of hydrogen-bond donors (Lipinski definition) is 1. The maximum absolute atomic E-state index is 12.7. The molecule has 2 aromatic carbocycles. The van der Waals surface area contributed by atoms with Crippen molar-refractivity contribution in [3.05, 3.63) is 64.7 Å². The summed E-state index contributed by atoms with van der Waals surface area (Å²) in [6.45, 7) is 3.11. The summed E-state index contributed by atoms with van der Waals surface area (Å²) in [7, 11) is 2.49. The second kappa shape index (κ2) is 10.0. The number of likely N-dealkylation sites (tertiary alicyclic amines) is 1. The molecule has 7 nitrogen and oxygen atoms in total. The number of methoxy groups -OCH3 is 2. The molecule has 0 atom stereocenters. The van der Waals surface area contributed by atoms with E-state index in [1.165, 1.54) is 51.7 Å². The largest absolute Gasteiger partial charge is 0.465 e. The third kappa shape index (κ3) is 5.45. The summed E-state index contributed by atoms with van der Waals surface area (Å²) >= 11 is 0. The molecule has 0 bridgehead atoms. The minimum atomic E-state index is -0.613. The first-order valence-electron chi connectivity index (χ1n) is 9.94. The number of esters is 2. The number of carbonyl (C=O) groups excluding carboxylic acids is 3. The summed E-state index contributed by atoms with van der Waals surface area (Å²) in [6.07, 6.45) is 3.77. The van der Waals surface area contributed by atoms with Crippen LogP contribution in [0.1, 0.15) is 55.9 Å². The highest BCUT2D eigenvalue weighted by molar-refractivity contribution is 6.06. The third-order valence-corrected chi connectivity index (χ3v) is 5.10. The molecule has 0 aliphatic carbocycles. The van der Waals surface area contributed by atoms with Gasteiger partial charge in [0.2, 0.25) is 0 Å². The quantitative estimate of drug-likeness (QED) is 0.734. The molecule has 158 valence electrons. The predicted molar refractivity (Wildman–Crippen MR) is 113 cm³/mol. The van der Waals surface area contributed by atoms with Gasteiger partial charge in [0, 0.05) is 17.8 Å². The predicted octanol–water partition coefficient (Wildman–Crippen LogP) is 3.50. The average molecular weight is 410 g/mol. The summed E-state index contributed by atoms with van der Waals surface area (Å²) in [5.41, 5.74) is 2.25. The van der Waals surface area contributed by atoms with Crippen molar-refractivity contribution in [3.8, 4) is 0 Å². The van der Waals surface area contributed by atoms with Gasteiger partial charge in [-0.25, -0.2) is 9.59 Å². The van der Waals surface area contributed by atoms with Crippen molar-refractivity contribution in [1.82, 2.24) is 4.90 Å². The Morgan fingerprint density at radius 2 is 1.40 bits per heavy atom. The molecule has 0 unspecified atom stereocenters. The van der Waals surface area contributed by atoms with Crippen LogP contribution in [0.15, 0.2) is 42.5 Å². The normalized spacial score (nSPS) is 14.1. The molecule has 0 spiro atoms. The van der Waals surface area contributed by atoms with Crippen LogP contribution in [0.4, 0.5) is 5.69 Å². The lowest BCUT2D eigenvalue weighted by Gasteiger charge is -2.26. The average Bonchev–Trinajstić information content (AvgIpc) is 2.78. The fourth-order valence-electron chi connectivity index (χ4n) is 3.51. The minimum Gasteiger partial charge on any atom is -0.465 e. The molecule has 0 aromatic heterocycles. The Balaban J connectivity index is 1.72. The van der Waals surface area contributed by atoms with Gasteiger partial charge in [-0.1, -0.05) is 18.6 Å². The Morgan fingerprint density at radius 3 is 1.93 bits per heavy atom. The molecule has 0 saturated carbocycles. The summed E-state index contributed by atoms with van der Waals surface area (Å²) in [4.78, 5) is 38.9. The molecule has 1 aliphatic rings. The van der Waals surface area contributed by atoms with Gasteiger partial charge in [0.1, 0.15) is 0 Å². The molecule has 0 radical (unpaired) electrons. The number of benzene rings is 2. The van der Waals surface area contributed by atoms with Gasteiger partial charge in [-0.3, -0.25) is 9.69 Å². The van der Waals surface area contributed by atoms with Crippen LogP contribution in [0, 0.1) is 0 Å². The zero-order valence-electron chi connectivity index (χ0n) is 17.3. The van der Waals surface area contributed by atoms with Crippen LogP contribution in [0.3, 0.4) is 0 Å². The van der Waals surface area contributed by atoms with E-state index in [0.717, 1.165) is 25.2 Å². The number of ether oxygens (including phenoxy) is 2. The molecule has 1 saturated heterocycles. The van der Waals surface area contributed by atoms with Crippen molar-refractivity contribution in [3.63, 3.8) is 0 Å². The monoisotopic (exact) mass is 410 g/mol. The van der Waals surface area contributed by atoms with Crippen LogP contribution in [-0.2, 0) is 16.0 Å². The van der Waals surface area contributed by atoms with E-state index in [1.807, 2.05) is 12.1 Å². The standard InChI is InChI=1S/C23H26N2O5/c1-29-22(27)18-12-19(23(28)30-2)14-20(13-18)24-21(26)17-8-6-16(7-9-17)15-25-10-4-3-5-11-25/h6-9,12-14H,3-5,10-11,15H2,1-2H3,(H,24,26). The molecular weight excluding hydrogens is 384 g/mol. The molecule has 30 heavy (non-hydrogen) atoms. The van der Waals surface area contributed by atoms with Crippen LogP contribution in [0.25, 0.3) is 0 Å². The number of piperidine rings is 1. The Labute approximate surface area is 176 Å². The molecule has 1 aliphatic heterocycles. The summed E-state index contributed by atoms with van der Waals surface area (Å²) in [6, 6.07) is 11.7. The van der Waals surface area contributed by atoms with Gasteiger partial charge in [-0.2, -0.15) is 0 Å². The summed E-state index contributed by atoms with van der Waals surface area (Å²) < 4.78 is 9.43. The lowest BCUT2D eigenvalue weighted by atomic mass is 10.1. The van der Waals surface area contributed by atoms with Crippen LogP contribution < -0.4 is 5.32 Å². The molecular formula is C23H26N2O5. The summed E-state index contributed by atoms with van der Waals surface area (Å²) in [5.74, 6) is -1.56. The minimum absolute atomic E-state index is 0.146. The second-order valence-corrected chi connectivity index (χ2v) is 7.27. The Morgan fingerprint density at radius 1 is 0.833 bits per heavy atom. The number of anilines is 1. The van der Waals surface area contributed by atoms with Gasteiger partial charge in [-0.15, -0.1) is 0 Å². The first kappa shape index (κ1) is 21.5. The van der Waals surface area contributed by atoms with Crippen molar-refractivity contribution >= 4 is 23.5 Å². The molecule has 2 aromatic rings. The van der Waals surface area contributed by atoms with Crippen LogP contribution in [0.5, 0.6) is 0 Å². The molecule has 1 N–H and O–H groups in total. The zero-order chi connectivity index (χ0) is 21.5. The Bertz CT molecular complexity index is 883. The van der Waals surface area contributed by atoms with E-state index >= 15 is 0 Å². The maximum Gasteiger partial charge on any atom is 0.337 e. The van der Waals surface area contributed by atoms with E-state index in [0.29, 0.717) is 11.3 Å². The molecule has 1 fully saturated rings. The van der Waals surface area contributed by atoms with Gasteiger partial charge in [-0.05, 0) is 61.8 Å². The third-order valence-electron chi connectivity index (χ3n) is 5.10. The highest BCUT2D eigenvalue weighted by Crippen LogP contribution is 2.19. The van der Waals surface area contributed by atoms with Crippen molar-refractivity contribution < 1.29 is 23.9 Å². The Hall–Kier alpha value is -3.19. The van der Waals surface area contributed by atoms with Crippen LogP contribution in [-0.4, -0.2) is 50.1 Å². The maximum atomic E-state index is 12.7. The van der Waals surface area contributed by atoms with Gasteiger partial charge in [0.15, 0.2) is 0 Å². The number of carbonyl (C=O) groups is 3. The number of amides is 1. The first-order chi connectivity index (χ1) is 14.5. The first-order valence-corrected chi connectivity index (χ1v) is 9.94. The van der Waals surface area contributed by atoms with E-state index < -0.39 is 11.9 Å².